The molecule has 0 unspecified atom stereocenters. The van der Waals surface area contributed by atoms with Gasteiger partial charge in [0.1, 0.15) is 5.82 Å². The van der Waals surface area contributed by atoms with E-state index in [1.807, 2.05) is 12.1 Å². The van der Waals surface area contributed by atoms with Crippen LogP contribution < -0.4 is 0 Å². The van der Waals surface area contributed by atoms with Crippen molar-refractivity contribution in [3.63, 3.8) is 0 Å². The van der Waals surface area contributed by atoms with E-state index < -0.39 is 0 Å². The molecule has 1 nitrogen and oxygen atoms in total. The molecule has 0 amide bonds. The third-order valence-electron chi connectivity index (χ3n) is 3.83. The molecule has 0 bridgehead atoms. The highest BCUT2D eigenvalue weighted by atomic mass is 19.1. The quantitative estimate of drug-likeness (QED) is 0.772. The van der Waals surface area contributed by atoms with Gasteiger partial charge in [-0.1, -0.05) is 18.6 Å². The first-order chi connectivity index (χ1) is 8.24. The first kappa shape index (κ1) is 12.6. The zero-order valence-corrected chi connectivity index (χ0v) is 10.7. The van der Waals surface area contributed by atoms with Crippen molar-refractivity contribution in [2.45, 2.75) is 32.1 Å². The van der Waals surface area contributed by atoms with Gasteiger partial charge in [-0.3, -0.25) is 0 Å². The van der Waals surface area contributed by atoms with Crippen LogP contribution in [-0.2, 0) is 6.42 Å². The van der Waals surface area contributed by atoms with Crippen LogP contribution in [0.5, 0.6) is 0 Å². The molecule has 0 N–H and O–H groups in total. The lowest BCUT2D eigenvalue weighted by molar-refractivity contribution is 0.210. The third-order valence-corrected chi connectivity index (χ3v) is 3.83. The second-order valence-electron chi connectivity index (χ2n) is 5.27. The summed E-state index contributed by atoms with van der Waals surface area (Å²) in [6, 6.07) is 6.93. The van der Waals surface area contributed by atoms with Crippen LogP contribution in [0.15, 0.2) is 24.3 Å². The van der Waals surface area contributed by atoms with Gasteiger partial charge in [-0.05, 0) is 69.4 Å². The topological polar surface area (TPSA) is 3.24 Å². The van der Waals surface area contributed by atoms with E-state index >= 15 is 0 Å². The second-order valence-corrected chi connectivity index (χ2v) is 5.27. The molecule has 94 valence electrons. The zero-order chi connectivity index (χ0) is 12.1. The number of aryl methyl sites for hydroxylation is 1. The van der Waals surface area contributed by atoms with Crippen molar-refractivity contribution in [1.29, 1.82) is 0 Å². The number of likely N-dealkylation sites (tertiary alicyclic amines) is 1. The van der Waals surface area contributed by atoms with Crippen LogP contribution in [-0.4, -0.2) is 25.0 Å². The van der Waals surface area contributed by atoms with E-state index in [-0.39, 0.29) is 5.82 Å². The van der Waals surface area contributed by atoms with Gasteiger partial charge in [0.05, 0.1) is 0 Å². The molecule has 0 aliphatic carbocycles. The Balaban J connectivity index is 1.67. The lowest BCUT2D eigenvalue weighted by Gasteiger charge is -2.28. The summed E-state index contributed by atoms with van der Waals surface area (Å²) in [5, 5.41) is 0. The minimum Gasteiger partial charge on any atom is -0.306 e. The fraction of sp³-hybridized carbons (Fsp3) is 0.600. The van der Waals surface area contributed by atoms with Gasteiger partial charge in [0.25, 0.3) is 0 Å². The Kier molecular flexibility index (Phi) is 4.55. The molecule has 1 aromatic rings. The average Bonchev–Trinajstić information content (AvgIpc) is 2.34. The molecule has 0 atom stereocenters. The average molecular weight is 235 g/mol. The van der Waals surface area contributed by atoms with E-state index in [2.05, 4.69) is 11.9 Å². The zero-order valence-electron chi connectivity index (χ0n) is 10.7. The predicted molar refractivity (Wildman–Crippen MR) is 69.6 cm³/mol. The molecule has 0 aromatic heterocycles. The van der Waals surface area contributed by atoms with Crippen LogP contribution in [0, 0.1) is 11.7 Å². The second kappa shape index (κ2) is 6.15. The monoisotopic (exact) mass is 235 g/mol. The van der Waals surface area contributed by atoms with E-state index in [1.54, 1.807) is 12.1 Å². The Bertz CT molecular complexity index is 325. The highest BCUT2D eigenvalue weighted by molar-refractivity contribution is 5.15. The van der Waals surface area contributed by atoms with Crippen LogP contribution in [0.2, 0.25) is 0 Å². The molecule has 1 heterocycles. The molecule has 1 aliphatic rings. The number of benzene rings is 1. The summed E-state index contributed by atoms with van der Waals surface area (Å²) in [7, 11) is 2.20. The molecule has 2 heteroatoms. The normalized spacial score (nSPS) is 18.5. The van der Waals surface area contributed by atoms with Crippen molar-refractivity contribution in [1.82, 2.24) is 4.90 Å². The number of nitrogens with zero attached hydrogens (tertiary/aromatic N) is 1. The summed E-state index contributed by atoms with van der Waals surface area (Å²) in [4.78, 5) is 2.41. The van der Waals surface area contributed by atoms with E-state index in [0.717, 1.165) is 12.3 Å². The molecule has 1 saturated heterocycles. The minimum atomic E-state index is -0.135. The molecule has 2 rings (SSSR count). The van der Waals surface area contributed by atoms with E-state index in [0.29, 0.717) is 0 Å². The Morgan fingerprint density at radius 2 is 1.82 bits per heavy atom. The van der Waals surface area contributed by atoms with E-state index in [9.17, 15) is 4.39 Å². The van der Waals surface area contributed by atoms with Crippen LogP contribution >= 0.6 is 0 Å². The largest absolute Gasteiger partial charge is 0.306 e. The maximum absolute atomic E-state index is 12.7. The third kappa shape index (κ3) is 4.12. The fourth-order valence-electron chi connectivity index (χ4n) is 2.60. The van der Waals surface area contributed by atoms with Crippen LogP contribution in [0.4, 0.5) is 4.39 Å². The molecule has 0 spiro atoms. The summed E-state index contributed by atoms with van der Waals surface area (Å²) in [6.45, 7) is 2.50. The maximum atomic E-state index is 12.7. The van der Waals surface area contributed by atoms with Gasteiger partial charge in [-0.25, -0.2) is 4.39 Å². The minimum absolute atomic E-state index is 0.135. The summed E-state index contributed by atoms with van der Waals surface area (Å²) < 4.78 is 12.7. The van der Waals surface area contributed by atoms with Gasteiger partial charge in [0, 0.05) is 0 Å². The molecule has 0 saturated carbocycles. The number of rotatable bonds is 4. The Hall–Kier alpha value is -0.890. The van der Waals surface area contributed by atoms with E-state index in [4.69, 9.17) is 0 Å². The molecule has 17 heavy (non-hydrogen) atoms. The fourth-order valence-corrected chi connectivity index (χ4v) is 2.60. The summed E-state index contributed by atoms with van der Waals surface area (Å²) in [6.07, 6.45) is 6.34. The standard InChI is InChI=1S/C15H22FN/c1-17-11-9-14(10-12-17)4-2-3-13-5-7-15(16)8-6-13/h5-8,14H,2-4,9-12H2,1H3. The van der Waals surface area contributed by atoms with Crippen molar-refractivity contribution >= 4 is 0 Å². The first-order valence-electron chi connectivity index (χ1n) is 6.67. The van der Waals surface area contributed by atoms with Crippen molar-refractivity contribution in [2.75, 3.05) is 20.1 Å². The highest BCUT2D eigenvalue weighted by Crippen LogP contribution is 2.22. The van der Waals surface area contributed by atoms with Crippen molar-refractivity contribution in [2.24, 2.45) is 5.92 Å². The molecular formula is C15H22FN. The van der Waals surface area contributed by atoms with Gasteiger partial charge in [-0.15, -0.1) is 0 Å². The number of piperidine rings is 1. The maximum Gasteiger partial charge on any atom is 0.123 e. The smallest absolute Gasteiger partial charge is 0.123 e. The first-order valence-corrected chi connectivity index (χ1v) is 6.67. The Morgan fingerprint density at radius 1 is 1.18 bits per heavy atom. The van der Waals surface area contributed by atoms with Gasteiger partial charge < -0.3 is 4.90 Å². The van der Waals surface area contributed by atoms with Gasteiger partial charge in [0.2, 0.25) is 0 Å². The molecule has 1 fully saturated rings. The highest BCUT2D eigenvalue weighted by Gasteiger charge is 2.15. The van der Waals surface area contributed by atoms with Crippen molar-refractivity contribution in [3.8, 4) is 0 Å². The Labute approximate surface area is 104 Å². The van der Waals surface area contributed by atoms with Crippen LogP contribution in [0.3, 0.4) is 0 Å². The molecule has 1 aromatic carbocycles. The Morgan fingerprint density at radius 3 is 2.47 bits per heavy atom. The van der Waals surface area contributed by atoms with Gasteiger partial charge in [0.15, 0.2) is 0 Å². The molecular weight excluding hydrogens is 213 g/mol. The molecule has 1 aliphatic heterocycles. The van der Waals surface area contributed by atoms with Crippen molar-refractivity contribution < 1.29 is 4.39 Å². The molecule has 0 radical (unpaired) electrons. The number of hydrogen-bond acceptors (Lipinski definition) is 1. The van der Waals surface area contributed by atoms with Crippen LogP contribution in [0.1, 0.15) is 31.2 Å². The summed E-state index contributed by atoms with van der Waals surface area (Å²) >= 11 is 0. The van der Waals surface area contributed by atoms with E-state index in [1.165, 1.54) is 44.3 Å². The van der Waals surface area contributed by atoms with Gasteiger partial charge in [-0.2, -0.15) is 0 Å². The number of hydrogen-bond donors (Lipinski definition) is 0. The lowest BCUT2D eigenvalue weighted by atomic mass is 9.91. The van der Waals surface area contributed by atoms with Gasteiger partial charge >= 0.3 is 0 Å². The predicted octanol–water partition coefficient (Wildman–Crippen LogP) is 3.49. The SMILES string of the molecule is CN1CCC(CCCc2ccc(F)cc2)CC1. The lowest BCUT2D eigenvalue weighted by Crippen LogP contribution is -2.30. The summed E-state index contributed by atoms with van der Waals surface area (Å²) in [5.74, 6) is 0.774. The summed E-state index contributed by atoms with van der Waals surface area (Å²) in [5.41, 5.74) is 1.26. The number of halogens is 1. The van der Waals surface area contributed by atoms with Crippen LogP contribution in [0.25, 0.3) is 0 Å². The van der Waals surface area contributed by atoms with Crippen molar-refractivity contribution in [3.05, 3.63) is 35.6 Å².